The number of aliphatic hydroxyl groups is 1. The first-order chi connectivity index (χ1) is 17.9. The average Bonchev–Trinajstić information content (AvgIpc) is 2.91. The monoisotopic (exact) mass is 521 g/mol. The number of likely N-dealkylation sites (N-methyl/N-ethyl adjacent to an activating group) is 1. The van der Waals surface area contributed by atoms with Crippen LogP contribution in [0.1, 0.15) is 76.2 Å². The second-order valence-electron chi connectivity index (χ2n) is 10.9. The van der Waals surface area contributed by atoms with Crippen molar-refractivity contribution in [3.05, 3.63) is 29.6 Å². The number of urea groups is 1. The molecule has 1 heterocycles. The Morgan fingerprint density at radius 3 is 2.68 bits per heavy atom. The number of nitrogens with one attached hydrogen (secondary N) is 2. The normalized spacial score (nSPS) is 21.3. The van der Waals surface area contributed by atoms with E-state index in [0.717, 1.165) is 38.6 Å². The molecule has 2 fully saturated rings. The highest BCUT2D eigenvalue weighted by Crippen LogP contribution is 2.43. The Morgan fingerprint density at radius 1 is 1.19 bits per heavy atom. The Morgan fingerprint density at radius 2 is 1.97 bits per heavy atom. The van der Waals surface area contributed by atoms with Gasteiger partial charge in [0.2, 0.25) is 0 Å². The van der Waals surface area contributed by atoms with Crippen LogP contribution in [0.15, 0.2) is 18.2 Å². The van der Waals surface area contributed by atoms with Crippen molar-refractivity contribution in [3.8, 4) is 5.75 Å². The molecule has 1 aromatic rings. The smallest absolute Gasteiger partial charge is 0.317 e. The summed E-state index contributed by atoms with van der Waals surface area (Å²) in [6.07, 6.45) is 10.9. The van der Waals surface area contributed by atoms with Crippen molar-refractivity contribution in [1.82, 2.24) is 15.5 Å². The number of amides is 2. The highest BCUT2D eigenvalue weighted by atomic mass is 19.1. The van der Waals surface area contributed by atoms with Crippen molar-refractivity contribution in [2.24, 2.45) is 11.8 Å². The van der Waals surface area contributed by atoms with Gasteiger partial charge in [-0.05, 0) is 69.7 Å². The zero-order valence-corrected chi connectivity index (χ0v) is 23.1. The summed E-state index contributed by atoms with van der Waals surface area (Å²) < 4.78 is 25.1. The van der Waals surface area contributed by atoms with E-state index in [1.165, 1.54) is 51.3 Å². The number of carbonyl (C=O) groups is 1. The number of rotatable bonds is 13. The molecule has 3 unspecified atom stereocenters. The average molecular weight is 522 g/mol. The Labute approximate surface area is 222 Å². The Bertz CT molecular complexity index is 835. The number of nitrogens with zero attached hydrogens (tertiary/aromatic N) is 1. The van der Waals surface area contributed by atoms with Gasteiger partial charge < -0.3 is 30.1 Å². The number of hydrogen-bond donors (Lipinski definition) is 3. The van der Waals surface area contributed by atoms with E-state index in [1.807, 2.05) is 11.9 Å². The summed E-state index contributed by atoms with van der Waals surface area (Å²) in [7, 11) is 5.12. The van der Waals surface area contributed by atoms with Crippen LogP contribution >= 0.6 is 0 Å². The van der Waals surface area contributed by atoms with Crippen LogP contribution in [0.4, 0.5) is 9.18 Å². The summed E-state index contributed by atoms with van der Waals surface area (Å²) in [5, 5.41) is 18.7. The Hall–Kier alpha value is -1.90. The van der Waals surface area contributed by atoms with Crippen molar-refractivity contribution in [3.63, 3.8) is 0 Å². The van der Waals surface area contributed by atoms with E-state index in [2.05, 4.69) is 10.6 Å². The van der Waals surface area contributed by atoms with Crippen LogP contribution in [-0.2, 0) is 10.3 Å². The minimum atomic E-state index is -1.31. The molecule has 3 rings (SSSR count). The largest absolute Gasteiger partial charge is 0.496 e. The third kappa shape index (κ3) is 8.29. The zero-order valence-electron chi connectivity index (χ0n) is 23.1. The molecular formula is C29H48FN3O4. The zero-order chi connectivity index (χ0) is 26.7. The van der Waals surface area contributed by atoms with Crippen LogP contribution in [0.2, 0.25) is 0 Å². The first-order valence-electron chi connectivity index (χ1n) is 14.2. The number of unbranched alkanes of at least 4 members (excludes halogenated alkanes) is 1. The van der Waals surface area contributed by atoms with E-state index < -0.39 is 11.4 Å². The van der Waals surface area contributed by atoms with Crippen molar-refractivity contribution >= 4 is 6.03 Å². The van der Waals surface area contributed by atoms with Gasteiger partial charge in [0.25, 0.3) is 0 Å². The summed E-state index contributed by atoms with van der Waals surface area (Å²) in [6.45, 7) is 2.41. The molecule has 1 aliphatic heterocycles. The van der Waals surface area contributed by atoms with Crippen LogP contribution in [-0.4, -0.2) is 69.6 Å². The number of carbonyl (C=O) groups excluding carboxylic acids is 1. The molecule has 0 bridgehead atoms. The topological polar surface area (TPSA) is 83.1 Å². The third-order valence-corrected chi connectivity index (χ3v) is 8.29. The van der Waals surface area contributed by atoms with Crippen molar-refractivity contribution in [1.29, 1.82) is 0 Å². The van der Waals surface area contributed by atoms with Gasteiger partial charge in [-0.25, -0.2) is 9.18 Å². The second kappa shape index (κ2) is 14.9. The first-order valence-corrected chi connectivity index (χ1v) is 14.2. The molecular weight excluding hydrogens is 473 g/mol. The van der Waals surface area contributed by atoms with Gasteiger partial charge in [-0.2, -0.15) is 0 Å². The molecule has 210 valence electrons. The van der Waals surface area contributed by atoms with E-state index in [0.29, 0.717) is 43.3 Å². The highest BCUT2D eigenvalue weighted by molar-refractivity contribution is 5.74. The fourth-order valence-corrected chi connectivity index (χ4v) is 6.30. The van der Waals surface area contributed by atoms with Crippen LogP contribution < -0.4 is 15.4 Å². The van der Waals surface area contributed by atoms with Crippen LogP contribution in [0.5, 0.6) is 5.75 Å². The lowest BCUT2D eigenvalue weighted by Crippen LogP contribution is -2.54. The lowest BCUT2D eigenvalue weighted by molar-refractivity contribution is -0.0579. The molecule has 8 heteroatoms. The lowest BCUT2D eigenvalue weighted by atomic mass is 9.73. The maximum absolute atomic E-state index is 14.4. The van der Waals surface area contributed by atoms with Crippen LogP contribution in [0, 0.1) is 17.7 Å². The fourth-order valence-electron chi connectivity index (χ4n) is 6.30. The molecule has 1 aliphatic carbocycles. The van der Waals surface area contributed by atoms with Crippen molar-refractivity contribution in [2.75, 3.05) is 47.5 Å². The molecule has 3 N–H and O–H groups in total. The molecule has 37 heavy (non-hydrogen) atoms. The number of likely N-dealkylation sites (tertiary alicyclic amines) is 1. The quantitative estimate of drug-likeness (QED) is 0.324. The van der Waals surface area contributed by atoms with Gasteiger partial charge in [-0.15, -0.1) is 0 Å². The standard InChI is InChI=1S/C29H48FN3O4/c1-31-20-25(18-22-10-5-4-6-11-22)32-28(34)33-16-9-12-23(21-33)29(35,15-7-8-17-36-2)26-19-24(30)13-14-27(26)37-3/h13-14,19,22-23,25,31,35H,4-12,15-18,20-21H2,1-3H3,(H,32,34). The van der Waals surface area contributed by atoms with E-state index in [1.54, 1.807) is 13.2 Å². The number of hydrogen-bond acceptors (Lipinski definition) is 5. The predicted octanol–water partition coefficient (Wildman–Crippen LogP) is 4.82. The van der Waals surface area contributed by atoms with E-state index >= 15 is 0 Å². The van der Waals surface area contributed by atoms with E-state index in [9.17, 15) is 14.3 Å². The van der Waals surface area contributed by atoms with Gasteiger partial charge in [0.05, 0.1) is 12.7 Å². The Kier molecular flexibility index (Phi) is 11.9. The number of benzene rings is 1. The molecule has 2 amide bonds. The Balaban J connectivity index is 1.74. The van der Waals surface area contributed by atoms with Crippen LogP contribution in [0.3, 0.4) is 0 Å². The number of piperidine rings is 1. The van der Waals surface area contributed by atoms with Gasteiger partial charge in [0.15, 0.2) is 0 Å². The summed E-state index contributed by atoms with van der Waals surface area (Å²) in [6, 6.07) is 4.32. The van der Waals surface area contributed by atoms with Gasteiger partial charge in [-0.1, -0.05) is 32.1 Å². The number of halogens is 1. The van der Waals surface area contributed by atoms with Gasteiger partial charge in [0.1, 0.15) is 11.6 Å². The second-order valence-corrected chi connectivity index (χ2v) is 10.9. The summed E-state index contributed by atoms with van der Waals surface area (Å²) in [5.74, 6) is 0.499. The maximum atomic E-state index is 14.4. The van der Waals surface area contributed by atoms with Gasteiger partial charge in [0, 0.05) is 50.9 Å². The van der Waals surface area contributed by atoms with E-state index in [4.69, 9.17) is 9.47 Å². The van der Waals surface area contributed by atoms with Gasteiger partial charge >= 0.3 is 6.03 Å². The summed E-state index contributed by atoms with van der Waals surface area (Å²) >= 11 is 0. The van der Waals surface area contributed by atoms with Crippen molar-refractivity contribution < 1.29 is 23.8 Å². The minimum absolute atomic E-state index is 0.0753. The molecule has 1 saturated carbocycles. The summed E-state index contributed by atoms with van der Waals surface area (Å²) in [5.41, 5.74) is -0.850. The molecule has 0 aromatic heterocycles. The number of ether oxygens (including phenoxy) is 2. The van der Waals surface area contributed by atoms with E-state index in [-0.39, 0.29) is 18.0 Å². The molecule has 7 nitrogen and oxygen atoms in total. The summed E-state index contributed by atoms with van der Waals surface area (Å²) in [4.78, 5) is 15.3. The fraction of sp³-hybridized carbons (Fsp3) is 0.759. The predicted molar refractivity (Wildman–Crippen MR) is 144 cm³/mol. The minimum Gasteiger partial charge on any atom is -0.496 e. The molecule has 2 aliphatic rings. The SMILES string of the molecule is CNCC(CC1CCCCC1)NC(=O)N1CCCC(C(O)(CCCCOC)c2cc(F)ccc2OC)C1. The molecule has 0 spiro atoms. The molecule has 1 aromatic carbocycles. The van der Waals surface area contributed by atoms with Crippen molar-refractivity contribution in [2.45, 2.75) is 82.3 Å². The third-order valence-electron chi connectivity index (χ3n) is 8.29. The van der Waals surface area contributed by atoms with Gasteiger partial charge in [-0.3, -0.25) is 0 Å². The first kappa shape index (κ1) is 29.7. The molecule has 3 atom stereocenters. The number of methoxy groups -OCH3 is 2. The molecule has 0 radical (unpaired) electrons. The maximum Gasteiger partial charge on any atom is 0.317 e. The highest BCUT2D eigenvalue weighted by Gasteiger charge is 2.43. The lowest BCUT2D eigenvalue weighted by Gasteiger charge is -2.43. The van der Waals surface area contributed by atoms with Crippen LogP contribution in [0.25, 0.3) is 0 Å². The molecule has 1 saturated heterocycles.